The number of aromatic amines is 1. The van der Waals surface area contributed by atoms with E-state index in [0.717, 1.165) is 48.0 Å². The molecule has 1 fully saturated rings. The van der Waals surface area contributed by atoms with E-state index >= 15 is 0 Å². The van der Waals surface area contributed by atoms with Crippen LogP contribution >= 0.6 is 0 Å². The van der Waals surface area contributed by atoms with Crippen LogP contribution in [0.4, 0.5) is 0 Å². The SMILES string of the molecule is c1c2c(cc3[nH]c(C4CCCC4)nc13)OCCCO2. The van der Waals surface area contributed by atoms with Crippen LogP contribution in [0.1, 0.15) is 43.8 Å². The van der Waals surface area contributed by atoms with Crippen LogP contribution in [0, 0.1) is 0 Å². The van der Waals surface area contributed by atoms with Gasteiger partial charge in [0, 0.05) is 24.5 Å². The normalized spacial score (nSPS) is 19.8. The fraction of sp³-hybridized carbons (Fsp3) is 0.533. The lowest BCUT2D eigenvalue weighted by atomic mass is 10.1. The van der Waals surface area contributed by atoms with Crippen molar-refractivity contribution in [1.29, 1.82) is 0 Å². The molecular weight excluding hydrogens is 240 g/mol. The van der Waals surface area contributed by atoms with Crippen LogP contribution in [0.5, 0.6) is 11.5 Å². The first-order chi connectivity index (χ1) is 9.40. The number of rotatable bonds is 1. The van der Waals surface area contributed by atoms with E-state index in [9.17, 15) is 0 Å². The van der Waals surface area contributed by atoms with E-state index < -0.39 is 0 Å². The van der Waals surface area contributed by atoms with Gasteiger partial charge in [0.05, 0.1) is 24.2 Å². The lowest BCUT2D eigenvalue weighted by Gasteiger charge is -2.05. The van der Waals surface area contributed by atoms with Crippen molar-refractivity contribution in [3.8, 4) is 11.5 Å². The second-order valence-electron chi connectivity index (χ2n) is 5.47. The number of nitrogens with zero attached hydrogens (tertiary/aromatic N) is 1. The van der Waals surface area contributed by atoms with Crippen molar-refractivity contribution in [1.82, 2.24) is 9.97 Å². The minimum atomic E-state index is 0.606. The van der Waals surface area contributed by atoms with Gasteiger partial charge in [-0.3, -0.25) is 0 Å². The Balaban J connectivity index is 1.76. The topological polar surface area (TPSA) is 47.1 Å². The highest BCUT2D eigenvalue weighted by atomic mass is 16.5. The average Bonchev–Trinajstić information content (AvgIpc) is 3.01. The summed E-state index contributed by atoms with van der Waals surface area (Å²) in [5.41, 5.74) is 2.05. The van der Waals surface area contributed by atoms with Crippen LogP contribution in [0.25, 0.3) is 11.0 Å². The molecule has 4 rings (SSSR count). The van der Waals surface area contributed by atoms with Gasteiger partial charge in [-0.1, -0.05) is 12.8 Å². The Morgan fingerprint density at radius 3 is 2.53 bits per heavy atom. The molecule has 0 spiro atoms. The third-order valence-corrected chi connectivity index (χ3v) is 4.11. The zero-order valence-electron chi connectivity index (χ0n) is 10.9. The highest BCUT2D eigenvalue weighted by molar-refractivity contribution is 5.80. The van der Waals surface area contributed by atoms with Gasteiger partial charge in [0.1, 0.15) is 5.82 Å². The molecule has 1 N–H and O–H groups in total. The molecule has 1 aliphatic carbocycles. The highest BCUT2D eigenvalue weighted by Gasteiger charge is 2.21. The van der Waals surface area contributed by atoms with Gasteiger partial charge in [0.15, 0.2) is 11.5 Å². The number of benzene rings is 1. The molecule has 1 aromatic heterocycles. The molecule has 19 heavy (non-hydrogen) atoms. The fourth-order valence-corrected chi connectivity index (χ4v) is 3.08. The van der Waals surface area contributed by atoms with Crippen molar-refractivity contribution in [2.24, 2.45) is 0 Å². The van der Waals surface area contributed by atoms with Gasteiger partial charge in [-0.05, 0) is 12.8 Å². The Hall–Kier alpha value is -1.71. The van der Waals surface area contributed by atoms with Crippen LogP contribution in [0.15, 0.2) is 12.1 Å². The van der Waals surface area contributed by atoms with E-state index in [2.05, 4.69) is 4.98 Å². The second kappa shape index (κ2) is 4.44. The summed E-state index contributed by atoms with van der Waals surface area (Å²) in [6.07, 6.45) is 6.09. The van der Waals surface area contributed by atoms with E-state index in [0.29, 0.717) is 5.92 Å². The summed E-state index contributed by atoms with van der Waals surface area (Å²) in [7, 11) is 0. The van der Waals surface area contributed by atoms with Gasteiger partial charge in [-0.15, -0.1) is 0 Å². The van der Waals surface area contributed by atoms with E-state index in [1.165, 1.54) is 25.7 Å². The van der Waals surface area contributed by atoms with E-state index in [4.69, 9.17) is 14.5 Å². The lowest BCUT2D eigenvalue weighted by Crippen LogP contribution is -1.97. The predicted molar refractivity (Wildman–Crippen MR) is 72.9 cm³/mol. The molecular formula is C15H18N2O2. The van der Waals surface area contributed by atoms with Crippen molar-refractivity contribution in [3.05, 3.63) is 18.0 Å². The summed E-state index contributed by atoms with van der Waals surface area (Å²) < 4.78 is 11.4. The van der Waals surface area contributed by atoms with E-state index in [-0.39, 0.29) is 0 Å². The van der Waals surface area contributed by atoms with Crippen molar-refractivity contribution in [2.45, 2.75) is 38.0 Å². The first-order valence-corrected chi connectivity index (χ1v) is 7.19. The maximum atomic E-state index is 5.72. The zero-order chi connectivity index (χ0) is 12.7. The predicted octanol–water partition coefficient (Wildman–Crippen LogP) is 3.38. The minimum absolute atomic E-state index is 0.606. The van der Waals surface area contributed by atoms with E-state index in [1.54, 1.807) is 0 Å². The summed E-state index contributed by atoms with van der Waals surface area (Å²) in [6.45, 7) is 1.44. The number of hydrogen-bond donors (Lipinski definition) is 1. The van der Waals surface area contributed by atoms with Crippen molar-refractivity contribution >= 4 is 11.0 Å². The molecule has 1 aliphatic heterocycles. The molecule has 0 unspecified atom stereocenters. The summed E-state index contributed by atoms with van der Waals surface area (Å²) >= 11 is 0. The Bertz CT molecular complexity index is 556. The third-order valence-electron chi connectivity index (χ3n) is 4.11. The van der Waals surface area contributed by atoms with Crippen LogP contribution in [-0.4, -0.2) is 23.2 Å². The third kappa shape index (κ3) is 1.95. The van der Waals surface area contributed by atoms with Gasteiger partial charge in [0.25, 0.3) is 0 Å². The van der Waals surface area contributed by atoms with Gasteiger partial charge in [-0.2, -0.15) is 0 Å². The first-order valence-electron chi connectivity index (χ1n) is 7.19. The molecule has 100 valence electrons. The maximum Gasteiger partial charge on any atom is 0.163 e. The molecule has 2 heterocycles. The average molecular weight is 258 g/mol. The molecule has 0 atom stereocenters. The number of aromatic nitrogens is 2. The van der Waals surface area contributed by atoms with Gasteiger partial charge < -0.3 is 14.5 Å². The number of imidazole rings is 1. The van der Waals surface area contributed by atoms with Gasteiger partial charge in [-0.25, -0.2) is 4.98 Å². The van der Waals surface area contributed by atoms with Crippen LogP contribution < -0.4 is 9.47 Å². The number of H-pyrrole nitrogens is 1. The molecule has 1 aromatic carbocycles. The summed E-state index contributed by atoms with van der Waals surface area (Å²) in [4.78, 5) is 8.20. The van der Waals surface area contributed by atoms with Gasteiger partial charge in [0.2, 0.25) is 0 Å². The highest BCUT2D eigenvalue weighted by Crippen LogP contribution is 2.37. The quantitative estimate of drug-likeness (QED) is 0.853. The van der Waals surface area contributed by atoms with Crippen molar-refractivity contribution in [2.75, 3.05) is 13.2 Å². The Kier molecular flexibility index (Phi) is 2.60. The molecule has 0 saturated heterocycles. The minimum Gasteiger partial charge on any atom is -0.489 e. The summed E-state index contributed by atoms with van der Waals surface area (Å²) in [5.74, 6) is 3.41. The lowest BCUT2D eigenvalue weighted by molar-refractivity contribution is 0.297. The number of ether oxygens (including phenoxy) is 2. The molecule has 2 aromatic rings. The Morgan fingerprint density at radius 1 is 1.00 bits per heavy atom. The maximum absolute atomic E-state index is 5.72. The Morgan fingerprint density at radius 2 is 1.74 bits per heavy atom. The summed E-state index contributed by atoms with van der Waals surface area (Å²) in [5, 5.41) is 0. The zero-order valence-corrected chi connectivity index (χ0v) is 10.9. The molecule has 1 saturated carbocycles. The number of hydrogen-bond acceptors (Lipinski definition) is 3. The van der Waals surface area contributed by atoms with Crippen LogP contribution in [-0.2, 0) is 0 Å². The van der Waals surface area contributed by atoms with Crippen LogP contribution in [0.2, 0.25) is 0 Å². The smallest absolute Gasteiger partial charge is 0.163 e. The molecule has 0 bridgehead atoms. The molecule has 0 radical (unpaired) electrons. The fourth-order valence-electron chi connectivity index (χ4n) is 3.08. The van der Waals surface area contributed by atoms with Crippen molar-refractivity contribution in [3.63, 3.8) is 0 Å². The largest absolute Gasteiger partial charge is 0.489 e. The first kappa shape index (κ1) is 11.1. The monoisotopic (exact) mass is 258 g/mol. The number of fused-ring (bicyclic) bond motifs is 2. The molecule has 2 aliphatic rings. The summed E-state index contributed by atoms with van der Waals surface area (Å²) in [6, 6.07) is 4.03. The Labute approximate surface area is 112 Å². The van der Waals surface area contributed by atoms with Crippen molar-refractivity contribution < 1.29 is 9.47 Å². The van der Waals surface area contributed by atoms with Crippen LogP contribution in [0.3, 0.4) is 0 Å². The molecule has 0 amide bonds. The molecule has 4 heteroatoms. The molecule has 4 nitrogen and oxygen atoms in total. The second-order valence-corrected chi connectivity index (χ2v) is 5.47. The standard InChI is InChI=1S/C15H18N2O2/c1-2-5-10(4-1)15-16-11-8-13-14(9-12(11)17-15)19-7-3-6-18-13/h8-10H,1-7H2,(H,16,17). The number of nitrogens with one attached hydrogen (secondary N) is 1. The van der Waals surface area contributed by atoms with E-state index in [1.807, 2.05) is 12.1 Å². The van der Waals surface area contributed by atoms with Gasteiger partial charge >= 0.3 is 0 Å².